The lowest BCUT2D eigenvalue weighted by Crippen LogP contribution is -2.34. The molecule has 6 heteroatoms. The Morgan fingerprint density at radius 1 is 1.12 bits per heavy atom. The molecule has 0 bridgehead atoms. The molecule has 25 heavy (non-hydrogen) atoms. The number of aryl methyl sites for hydroxylation is 1. The molecule has 2 rings (SSSR count). The van der Waals surface area contributed by atoms with E-state index in [-0.39, 0.29) is 18.4 Å². The molecule has 0 saturated heterocycles. The van der Waals surface area contributed by atoms with Crippen LogP contribution in [0.25, 0.3) is 6.08 Å². The number of nitrogens with zero attached hydrogens (tertiary/aromatic N) is 1. The van der Waals surface area contributed by atoms with E-state index in [9.17, 15) is 9.59 Å². The van der Waals surface area contributed by atoms with Crippen LogP contribution in [0.4, 0.5) is 5.69 Å². The maximum absolute atomic E-state index is 12.1. The van der Waals surface area contributed by atoms with E-state index < -0.39 is 0 Å². The fourth-order valence-corrected chi connectivity index (χ4v) is 2.65. The van der Waals surface area contributed by atoms with Crippen molar-refractivity contribution < 1.29 is 9.59 Å². The van der Waals surface area contributed by atoms with E-state index in [1.807, 2.05) is 31.2 Å². The average Bonchev–Trinajstić information content (AvgIpc) is 2.56. The number of nitrogens with one attached hydrogen (secondary N) is 1. The first-order valence-electron chi connectivity index (χ1n) is 7.60. The summed E-state index contributed by atoms with van der Waals surface area (Å²) in [5.74, 6) is -0.656. The SMILES string of the molecule is Cc1cccc(/C=C/C(=O)N(C)CC(=O)Nc2c(Cl)cccc2Cl)c1. The summed E-state index contributed by atoms with van der Waals surface area (Å²) in [5, 5.41) is 3.31. The van der Waals surface area contributed by atoms with Crippen molar-refractivity contribution in [3.8, 4) is 0 Å². The Balaban J connectivity index is 1.95. The fraction of sp³-hybridized carbons (Fsp3) is 0.158. The molecule has 0 aliphatic heterocycles. The lowest BCUT2D eigenvalue weighted by Gasteiger charge is -2.15. The van der Waals surface area contributed by atoms with Crippen molar-refractivity contribution in [3.63, 3.8) is 0 Å². The number of carbonyl (C=O) groups excluding carboxylic acids is 2. The second-order valence-electron chi connectivity index (χ2n) is 5.59. The normalized spacial score (nSPS) is 10.7. The summed E-state index contributed by atoms with van der Waals surface area (Å²) in [5.41, 5.74) is 2.37. The molecule has 0 unspecified atom stereocenters. The molecule has 0 radical (unpaired) electrons. The molecular formula is C19H18Cl2N2O2. The quantitative estimate of drug-likeness (QED) is 0.785. The first kappa shape index (κ1) is 19.0. The van der Waals surface area contributed by atoms with Crippen LogP contribution in [-0.2, 0) is 9.59 Å². The molecular weight excluding hydrogens is 359 g/mol. The molecule has 1 N–H and O–H groups in total. The third-order valence-corrected chi connectivity index (χ3v) is 4.07. The van der Waals surface area contributed by atoms with Gasteiger partial charge in [0.2, 0.25) is 11.8 Å². The Morgan fingerprint density at radius 2 is 1.76 bits per heavy atom. The van der Waals surface area contributed by atoms with Gasteiger partial charge >= 0.3 is 0 Å². The van der Waals surface area contributed by atoms with E-state index in [1.54, 1.807) is 31.3 Å². The van der Waals surface area contributed by atoms with Gasteiger partial charge in [-0.2, -0.15) is 0 Å². The summed E-state index contributed by atoms with van der Waals surface area (Å²) in [6, 6.07) is 12.7. The summed E-state index contributed by atoms with van der Waals surface area (Å²) in [6.45, 7) is 1.87. The number of hydrogen-bond donors (Lipinski definition) is 1. The van der Waals surface area contributed by atoms with E-state index in [0.29, 0.717) is 15.7 Å². The van der Waals surface area contributed by atoms with Crippen molar-refractivity contribution in [1.82, 2.24) is 4.90 Å². The highest BCUT2D eigenvalue weighted by molar-refractivity contribution is 6.39. The van der Waals surface area contributed by atoms with Crippen molar-refractivity contribution in [2.45, 2.75) is 6.92 Å². The second kappa shape index (κ2) is 8.70. The zero-order valence-electron chi connectivity index (χ0n) is 13.9. The van der Waals surface area contributed by atoms with Crippen molar-refractivity contribution in [3.05, 3.63) is 69.7 Å². The van der Waals surface area contributed by atoms with Crippen LogP contribution in [0.5, 0.6) is 0 Å². The Labute approximate surface area is 157 Å². The molecule has 2 aromatic carbocycles. The summed E-state index contributed by atoms with van der Waals surface area (Å²) < 4.78 is 0. The number of hydrogen-bond acceptors (Lipinski definition) is 2. The van der Waals surface area contributed by atoms with Crippen molar-refractivity contribution in [2.75, 3.05) is 18.9 Å². The number of carbonyl (C=O) groups is 2. The van der Waals surface area contributed by atoms with Gasteiger partial charge in [-0.05, 0) is 30.7 Å². The Morgan fingerprint density at radius 3 is 2.40 bits per heavy atom. The van der Waals surface area contributed by atoms with Gasteiger partial charge in [-0.25, -0.2) is 0 Å². The van der Waals surface area contributed by atoms with Gasteiger partial charge in [-0.3, -0.25) is 9.59 Å². The standard InChI is InChI=1S/C19H18Cl2N2O2/c1-13-5-3-6-14(11-13)9-10-18(25)23(2)12-17(24)22-19-15(20)7-4-8-16(19)21/h3-11H,12H2,1-2H3,(H,22,24)/b10-9+. The monoisotopic (exact) mass is 376 g/mol. The van der Waals surface area contributed by atoms with Gasteiger partial charge in [0.05, 0.1) is 22.3 Å². The molecule has 4 nitrogen and oxygen atoms in total. The van der Waals surface area contributed by atoms with Gasteiger partial charge in [0.25, 0.3) is 0 Å². The lowest BCUT2D eigenvalue weighted by molar-refractivity contribution is -0.129. The van der Waals surface area contributed by atoms with Crippen LogP contribution >= 0.6 is 23.2 Å². The van der Waals surface area contributed by atoms with Crippen LogP contribution in [0.3, 0.4) is 0 Å². The molecule has 0 atom stereocenters. The van der Waals surface area contributed by atoms with Crippen LogP contribution in [0.15, 0.2) is 48.5 Å². The summed E-state index contributed by atoms with van der Waals surface area (Å²) >= 11 is 12.0. The van der Waals surface area contributed by atoms with E-state index in [0.717, 1.165) is 11.1 Å². The van der Waals surface area contributed by atoms with Crippen LogP contribution in [0, 0.1) is 6.92 Å². The minimum atomic E-state index is -0.380. The highest BCUT2D eigenvalue weighted by Crippen LogP contribution is 2.29. The van der Waals surface area contributed by atoms with E-state index in [1.165, 1.54) is 11.0 Å². The van der Waals surface area contributed by atoms with Crippen molar-refractivity contribution in [1.29, 1.82) is 0 Å². The molecule has 2 aromatic rings. The first-order valence-corrected chi connectivity index (χ1v) is 8.36. The predicted octanol–water partition coefficient (Wildman–Crippen LogP) is 4.41. The summed E-state index contributed by atoms with van der Waals surface area (Å²) in [4.78, 5) is 25.5. The number of benzene rings is 2. The van der Waals surface area contributed by atoms with E-state index >= 15 is 0 Å². The Bertz CT molecular complexity index is 799. The third-order valence-electron chi connectivity index (χ3n) is 3.44. The van der Waals surface area contributed by atoms with E-state index in [4.69, 9.17) is 23.2 Å². The number of likely N-dealkylation sites (N-methyl/N-ethyl adjacent to an activating group) is 1. The van der Waals surface area contributed by atoms with Gasteiger partial charge in [0, 0.05) is 13.1 Å². The molecule has 0 saturated carbocycles. The molecule has 0 aromatic heterocycles. The summed E-state index contributed by atoms with van der Waals surface area (Å²) in [6.07, 6.45) is 3.15. The molecule has 0 spiro atoms. The minimum absolute atomic E-state index is 0.113. The van der Waals surface area contributed by atoms with Crippen LogP contribution in [0.2, 0.25) is 10.0 Å². The Hall–Kier alpha value is -2.30. The van der Waals surface area contributed by atoms with Crippen LogP contribution < -0.4 is 5.32 Å². The smallest absolute Gasteiger partial charge is 0.246 e. The predicted molar refractivity (Wildman–Crippen MR) is 103 cm³/mol. The molecule has 2 amide bonds. The topological polar surface area (TPSA) is 49.4 Å². The number of anilines is 1. The number of rotatable bonds is 5. The van der Waals surface area contributed by atoms with Gasteiger partial charge in [0.15, 0.2) is 0 Å². The van der Waals surface area contributed by atoms with Crippen LogP contribution in [-0.4, -0.2) is 30.3 Å². The maximum atomic E-state index is 12.1. The van der Waals surface area contributed by atoms with Gasteiger partial charge in [0.1, 0.15) is 0 Å². The highest BCUT2D eigenvalue weighted by Gasteiger charge is 2.13. The largest absolute Gasteiger partial charge is 0.333 e. The van der Waals surface area contributed by atoms with Gasteiger partial charge in [-0.1, -0.05) is 59.1 Å². The molecule has 0 aliphatic rings. The van der Waals surface area contributed by atoms with Crippen molar-refractivity contribution in [2.24, 2.45) is 0 Å². The number of para-hydroxylation sites is 1. The third kappa shape index (κ3) is 5.62. The first-order chi connectivity index (χ1) is 11.9. The second-order valence-corrected chi connectivity index (χ2v) is 6.40. The number of amides is 2. The zero-order valence-corrected chi connectivity index (χ0v) is 15.4. The molecule has 0 aliphatic carbocycles. The van der Waals surface area contributed by atoms with Gasteiger partial charge < -0.3 is 10.2 Å². The van der Waals surface area contributed by atoms with E-state index in [2.05, 4.69) is 5.32 Å². The maximum Gasteiger partial charge on any atom is 0.246 e. The average molecular weight is 377 g/mol. The fourth-order valence-electron chi connectivity index (χ4n) is 2.16. The molecule has 0 heterocycles. The number of halogens is 2. The Kier molecular flexibility index (Phi) is 6.62. The molecule has 0 fully saturated rings. The van der Waals surface area contributed by atoms with Crippen molar-refractivity contribution >= 4 is 46.8 Å². The molecule has 130 valence electrons. The highest BCUT2D eigenvalue weighted by atomic mass is 35.5. The summed E-state index contributed by atoms with van der Waals surface area (Å²) in [7, 11) is 1.55. The lowest BCUT2D eigenvalue weighted by atomic mass is 10.1. The van der Waals surface area contributed by atoms with Crippen LogP contribution in [0.1, 0.15) is 11.1 Å². The minimum Gasteiger partial charge on any atom is -0.333 e. The zero-order chi connectivity index (χ0) is 18.4. The van der Waals surface area contributed by atoms with Gasteiger partial charge in [-0.15, -0.1) is 0 Å².